The van der Waals surface area contributed by atoms with E-state index in [9.17, 15) is 15.3 Å². The molecule has 30 heavy (non-hydrogen) atoms. The molecule has 0 fully saturated rings. The van der Waals surface area contributed by atoms with Crippen LogP contribution in [0.15, 0.2) is 48.5 Å². The van der Waals surface area contributed by atoms with Crippen LogP contribution in [0.1, 0.15) is 66.8 Å². The molecular weight excluding hydrogens is 378 g/mol. The molecule has 5 heteroatoms. The maximum absolute atomic E-state index is 10.4. The van der Waals surface area contributed by atoms with E-state index in [-0.39, 0.29) is 16.9 Å². The quantitative estimate of drug-likeness (QED) is 0.308. The Morgan fingerprint density at radius 1 is 0.967 bits per heavy atom. The molecule has 4 N–H and O–H groups in total. The monoisotopic (exact) mass is 419 g/mol. The van der Waals surface area contributed by atoms with Crippen molar-refractivity contribution >= 4 is 0 Å². The van der Waals surface area contributed by atoms with E-state index in [2.05, 4.69) is 5.32 Å². The largest absolute Gasteiger partial charge is 0.508 e. The molecule has 5 nitrogen and oxygen atoms in total. The summed E-state index contributed by atoms with van der Waals surface area (Å²) < 4.78 is 37.6. The molecule has 0 aromatic heterocycles. The molecule has 0 saturated heterocycles. The zero-order valence-electron chi connectivity index (χ0n) is 21.5. The number of rotatable bonds is 16. The van der Waals surface area contributed by atoms with Crippen LogP contribution in [0.25, 0.3) is 0 Å². The van der Waals surface area contributed by atoms with E-state index in [0.29, 0.717) is 26.0 Å². The molecule has 0 amide bonds. The van der Waals surface area contributed by atoms with Gasteiger partial charge >= 0.3 is 0 Å². The highest BCUT2D eigenvalue weighted by Gasteiger charge is 2.09. The first-order valence-corrected chi connectivity index (χ1v) is 10.7. The highest BCUT2D eigenvalue weighted by molar-refractivity contribution is 5.36. The summed E-state index contributed by atoms with van der Waals surface area (Å²) in [5.74, 6) is -0.101. The van der Waals surface area contributed by atoms with Crippen molar-refractivity contribution in [1.82, 2.24) is 5.32 Å². The summed E-state index contributed by atoms with van der Waals surface area (Å²) >= 11 is 0. The zero-order valence-corrected chi connectivity index (χ0v) is 17.5. The third-order valence-electron chi connectivity index (χ3n) is 4.82. The van der Waals surface area contributed by atoms with Gasteiger partial charge < -0.3 is 25.4 Å². The van der Waals surface area contributed by atoms with Gasteiger partial charge in [-0.1, -0.05) is 49.2 Å². The van der Waals surface area contributed by atoms with Gasteiger partial charge in [0.2, 0.25) is 0 Å². The molecule has 0 aliphatic heterocycles. The number of aliphatic hydroxyl groups is 2. The number of benzene rings is 2. The lowest BCUT2D eigenvalue weighted by Gasteiger charge is -2.14. The van der Waals surface area contributed by atoms with Gasteiger partial charge in [0, 0.05) is 28.0 Å². The van der Waals surface area contributed by atoms with Gasteiger partial charge in [-0.05, 0) is 61.9 Å². The minimum Gasteiger partial charge on any atom is -0.508 e. The fourth-order valence-electron chi connectivity index (χ4n) is 3.05. The van der Waals surface area contributed by atoms with E-state index in [1.807, 2.05) is 30.3 Å². The van der Waals surface area contributed by atoms with E-state index < -0.39 is 25.8 Å². The van der Waals surface area contributed by atoms with Crippen LogP contribution >= 0.6 is 0 Å². The van der Waals surface area contributed by atoms with Gasteiger partial charge in [-0.15, -0.1) is 0 Å². The minimum atomic E-state index is -2.07. The number of phenols is 1. The first-order chi connectivity index (χ1) is 16.1. The fourth-order valence-corrected chi connectivity index (χ4v) is 3.05. The number of hydrogen-bond acceptors (Lipinski definition) is 5. The molecule has 166 valence electrons. The van der Waals surface area contributed by atoms with Crippen LogP contribution in [-0.2, 0) is 17.8 Å². The van der Waals surface area contributed by atoms with Gasteiger partial charge in [-0.2, -0.15) is 0 Å². The van der Waals surface area contributed by atoms with Crippen molar-refractivity contribution in [1.29, 1.82) is 0 Å². The Morgan fingerprint density at radius 3 is 2.57 bits per heavy atom. The van der Waals surface area contributed by atoms with Crippen molar-refractivity contribution in [2.24, 2.45) is 0 Å². The molecule has 0 spiro atoms. The second kappa shape index (κ2) is 15.0. The number of nitrogens with one attached hydrogen (secondary N) is 1. The van der Waals surface area contributed by atoms with Crippen molar-refractivity contribution in [2.75, 3.05) is 26.2 Å². The Balaban J connectivity index is 1.58. The van der Waals surface area contributed by atoms with E-state index in [1.165, 1.54) is 23.8 Å². The first-order valence-electron chi connectivity index (χ1n) is 12.7. The molecule has 2 aromatic carbocycles. The highest BCUT2D eigenvalue weighted by Crippen LogP contribution is 2.22. The van der Waals surface area contributed by atoms with E-state index in [0.717, 1.165) is 32.1 Å². The van der Waals surface area contributed by atoms with Gasteiger partial charge in [0.25, 0.3) is 0 Å². The van der Waals surface area contributed by atoms with Gasteiger partial charge in [0.05, 0.1) is 15.5 Å². The van der Waals surface area contributed by atoms with Crippen molar-refractivity contribution in [3.05, 3.63) is 65.2 Å². The van der Waals surface area contributed by atoms with E-state index >= 15 is 0 Å². The molecule has 0 bridgehead atoms. The number of aromatic hydroxyl groups is 1. The normalized spacial score (nSPS) is 15.1. The van der Waals surface area contributed by atoms with Crippen LogP contribution in [0.3, 0.4) is 0 Å². The fraction of sp³-hybridized carbons (Fsp3) is 0.520. The molecule has 0 aliphatic rings. The van der Waals surface area contributed by atoms with E-state index in [4.69, 9.17) is 10.2 Å². The maximum atomic E-state index is 10.4. The lowest BCUT2D eigenvalue weighted by atomic mass is 10.1. The number of unbranched alkanes of at least 4 members (excludes halogenated alkanes) is 3. The Kier molecular flexibility index (Phi) is 9.39. The minimum absolute atomic E-state index is 0.101. The molecule has 1 atom stereocenters. The lowest BCUT2D eigenvalue weighted by Crippen LogP contribution is -2.22. The molecule has 2 aromatic rings. The Hall–Kier alpha value is -1.92. The maximum Gasteiger partial charge on any atom is 0.121 e. The van der Waals surface area contributed by atoms with Crippen molar-refractivity contribution in [3.8, 4) is 5.75 Å². The van der Waals surface area contributed by atoms with Gasteiger partial charge in [0.1, 0.15) is 5.75 Å². The second-order valence-corrected chi connectivity index (χ2v) is 7.27. The molecule has 0 heterocycles. The average molecular weight is 420 g/mol. The van der Waals surface area contributed by atoms with Crippen molar-refractivity contribution < 1.29 is 25.5 Å². The van der Waals surface area contributed by atoms with Crippen molar-refractivity contribution in [2.45, 2.75) is 57.7 Å². The summed E-state index contributed by atoms with van der Waals surface area (Å²) in [5.41, 5.74) is 1.70. The van der Waals surface area contributed by atoms with Crippen molar-refractivity contribution in [3.63, 3.8) is 0 Å². The molecular formula is C25H37NO4. The summed E-state index contributed by atoms with van der Waals surface area (Å²) in [4.78, 5) is 0. The van der Waals surface area contributed by atoms with Gasteiger partial charge in [-0.25, -0.2) is 0 Å². The summed E-state index contributed by atoms with van der Waals surface area (Å²) in [7, 11) is 0. The SMILES string of the molecule is [2H]C([2H])(CCCc1ccccc1)OCCCCCCNC([2H])([2H])C(O)c1ccc(O)c(CO)c1. The number of aliphatic hydroxyl groups excluding tert-OH is 2. The Bertz CT molecular complexity index is 852. The third kappa shape index (κ3) is 9.72. The average Bonchev–Trinajstić information content (AvgIpc) is 2.81. The van der Waals surface area contributed by atoms with Crippen LogP contribution < -0.4 is 5.32 Å². The first kappa shape index (κ1) is 18.8. The number of aryl methyl sites for hydroxylation is 1. The van der Waals surface area contributed by atoms with Gasteiger partial charge in [0.15, 0.2) is 0 Å². The predicted molar refractivity (Wildman–Crippen MR) is 121 cm³/mol. The Morgan fingerprint density at radius 2 is 1.77 bits per heavy atom. The Labute approximate surface area is 186 Å². The van der Waals surface area contributed by atoms with Gasteiger partial charge in [-0.3, -0.25) is 0 Å². The van der Waals surface area contributed by atoms with E-state index in [1.54, 1.807) is 0 Å². The third-order valence-corrected chi connectivity index (χ3v) is 4.82. The van der Waals surface area contributed by atoms with Crippen LogP contribution in [0.5, 0.6) is 5.75 Å². The smallest absolute Gasteiger partial charge is 0.121 e. The number of hydrogen-bond donors (Lipinski definition) is 4. The summed E-state index contributed by atoms with van der Waals surface area (Å²) in [5, 5.41) is 32.0. The molecule has 0 saturated carbocycles. The summed E-state index contributed by atoms with van der Waals surface area (Å²) in [6.07, 6.45) is 3.55. The zero-order chi connectivity index (χ0) is 25.0. The lowest BCUT2D eigenvalue weighted by molar-refractivity contribution is 0.126. The molecule has 0 radical (unpaired) electrons. The number of ether oxygens (including phenoxy) is 1. The standard InChI is InChI=1S/C25H37NO4/c27-20-23-18-22(13-14-24(23)28)25(29)19-26-15-7-1-2-8-16-30-17-9-6-12-21-10-4-3-5-11-21/h3-5,10-11,13-14,18,25-29H,1-2,6-9,12,15-17,19-20H2/i17D2,19D2. The predicted octanol–water partition coefficient (Wildman–Crippen LogP) is 4.11. The topological polar surface area (TPSA) is 82.0 Å². The summed E-state index contributed by atoms with van der Waals surface area (Å²) in [6.45, 7) is -3.38. The van der Waals surface area contributed by atoms with Crippen LogP contribution in [0, 0.1) is 0 Å². The van der Waals surface area contributed by atoms with Crippen LogP contribution in [0.4, 0.5) is 0 Å². The molecule has 2 rings (SSSR count). The van der Waals surface area contributed by atoms with Crippen LogP contribution in [-0.4, -0.2) is 41.5 Å². The molecule has 0 aliphatic carbocycles. The highest BCUT2D eigenvalue weighted by atomic mass is 16.5. The van der Waals surface area contributed by atoms with Crippen LogP contribution in [0.2, 0.25) is 0 Å². The second-order valence-electron chi connectivity index (χ2n) is 7.27. The summed E-state index contributed by atoms with van der Waals surface area (Å²) in [6, 6.07) is 14.2. The molecule has 1 unspecified atom stereocenters.